The summed E-state index contributed by atoms with van der Waals surface area (Å²) < 4.78 is 53.2. The first-order valence-corrected chi connectivity index (χ1v) is 18.9. The minimum Gasteiger partial charge on any atom is -0.361 e. The number of aromatic nitrogens is 8. The fraction of sp³-hybridized carbons (Fsp3) is 0.344. The SMILES string of the molecule is Cc1ccn2nc([C@H](C)Nc3ncnc4c3c(-c3cc(C(F)(F)F)nn3C)cn4COCC[Si](C)(C)C)n(-c3ccccc3)c(=O)c12. The van der Waals surface area contributed by atoms with Crippen molar-refractivity contribution in [3.8, 4) is 16.9 Å². The van der Waals surface area contributed by atoms with Crippen LogP contribution in [-0.2, 0) is 24.7 Å². The van der Waals surface area contributed by atoms with Crippen molar-refractivity contribution < 1.29 is 17.9 Å². The highest BCUT2D eigenvalue weighted by atomic mass is 28.3. The van der Waals surface area contributed by atoms with Crippen LogP contribution >= 0.6 is 0 Å². The van der Waals surface area contributed by atoms with Gasteiger partial charge in [-0.05, 0) is 49.7 Å². The number of hydrogen-bond acceptors (Lipinski definition) is 7. The van der Waals surface area contributed by atoms with E-state index in [1.54, 1.807) is 26.0 Å². The fourth-order valence-corrected chi connectivity index (χ4v) is 6.29. The second kappa shape index (κ2) is 12.1. The molecule has 6 rings (SSSR count). The van der Waals surface area contributed by atoms with Gasteiger partial charge in [-0.3, -0.25) is 14.0 Å². The Hall–Kier alpha value is -4.76. The molecule has 0 saturated carbocycles. The van der Waals surface area contributed by atoms with Crippen LogP contribution in [0, 0.1) is 6.92 Å². The molecule has 0 unspecified atom stereocenters. The van der Waals surface area contributed by atoms with Gasteiger partial charge in [0.25, 0.3) is 5.56 Å². The average molecular weight is 664 g/mol. The van der Waals surface area contributed by atoms with Gasteiger partial charge >= 0.3 is 6.18 Å². The summed E-state index contributed by atoms with van der Waals surface area (Å²) in [6.07, 6.45) is 0.220. The van der Waals surface area contributed by atoms with Crippen molar-refractivity contribution in [3.63, 3.8) is 0 Å². The van der Waals surface area contributed by atoms with Gasteiger partial charge in [-0.15, -0.1) is 0 Å². The Balaban J connectivity index is 1.47. The number of halogens is 3. The van der Waals surface area contributed by atoms with Crippen LogP contribution in [0.1, 0.15) is 30.0 Å². The topological polar surface area (TPSA) is 109 Å². The number of benzene rings is 1. The van der Waals surface area contributed by atoms with Crippen LogP contribution in [0.3, 0.4) is 0 Å². The van der Waals surface area contributed by atoms with Crippen LogP contribution < -0.4 is 10.9 Å². The molecule has 15 heteroatoms. The number of rotatable bonds is 10. The maximum atomic E-state index is 13.9. The zero-order chi connectivity index (χ0) is 33.7. The van der Waals surface area contributed by atoms with Crippen LogP contribution in [0.2, 0.25) is 25.7 Å². The Morgan fingerprint density at radius 1 is 1.06 bits per heavy atom. The van der Waals surface area contributed by atoms with E-state index in [2.05, 4.69) is 40.0 Å². The number of para-hydroxylation sites is 1. The second-order valence-electron chi connectivity index (χ2n) is 12.8. The molecule has 47 heavy (non-hydrogen) atoms. The van der Waals surface area contributed by atoms with E-state index in [1.807, 2.05) is 50.2 Å². The van der Waals surface area contributed by atoms with Crippen molar-refractivity contribution in [1.82, 2.24) is 38.5 Å². The Morgan fingerprint density at radius 3 is 2.49 bits per heavy atom. The number of nitrogens with zero attached hydrogens (tertiary/aromatic N) is 8. The maximum Gasteiger partial charge on any atom is 0.435 e. The monoisotopic (exact) mass is 663 g/mol. The third-order valence-corrected chi connectivity index (χ3v) is 9.70. The maximum absolute atomic E-state index is 13.9. The lowest BCUT2D eigenvalue weighted by atomic mass is 10.1. The van der Waals surface area contributed by atoms with Gasteiger partial charge in [-0.2, -0.15) is 23.4 Å². The van der Waals surface area contributed by atoms with E-state index in [0.717, 1.165) is 17.7 Å². The number of alkyl halides is 3. The molecule has 5 heterocycles. The molecule has 246 valence electrons. The molecule has 0 spiro atoms. The lowest BCUT2D eigenvalue weighted by Crippen LogP contribution is -2.29. The first kappa shape index (κ1) is 32.2. The molecule has 0 amide bonds. The predicted octanol–water partition coefficient (Wildman–Crippen LogP) is 6.44. The summed E-state index contributed by atoms with van der Waals surface area (Å²) in [5, 5.41) is 12.4. The van der Waals surface area contributed by atoms with Crippen LogP contribution in [-0.4, -0.2) is 53.2 Å². The van der Waals surface area contributed by atoms with E-state index in [4.69, 9.17) is 9.84 Å². The summed E-state index contributed by atoms with van der Waals surface area (Å²) in [5.41, 5.74) is 1.80. The Kier molecular flexibility index (Phi) is 8.30. The molecule has 1 aromatic carbocycles. The zero-order valence-electron chi connectivity index (χ0n) is 27.0. The Labute approximate surface area is 269 Å². The fourth-order valence-electron chi connectivity index (χ4n) is 5.53. The smallest absolute Gasteiger partial charge is 0.361 e. The van der Waals surface area contributed by atoms with E-state index in [9.17, 15) is 18.0 Å². The summed E-state index contributed by atoms with van der Waals surface area (Å²) >= 11 is 0. The summed E-state index contributed by atoms with van der Waals surface area (Å²) in [7, 11) is 0.119. The second-order valence-corrected chi connectivity index (χ2v) is 18.4. The molecule has 1 atom stereocenters. The van der Waals surface area contributed by atoms with Crippen LogP contribution in [0.5, 0.6) is 0 Å². The highest BCUT2D eigenvalue weighted by Gasteiger charge is 2.35. The lowest BCUT2D eigenvalue weighted by molar-refractivity contribution is -0.141. The first-order valence-electron chi connectivity index (χ1n) is 15.2. The molecule has 0 aliphatic carbocycles. The van der Waals surface area contributed by atoms with Crippen molar-refractivity contribution in [2.24, 2.45) is 7.05 Å². The molecule has 6 aromatic rings. The summed E-state index contributed by atoms with van der Waals surface area (Å²) in [4.78, 5) is 22.9. The molecule has 1 N–H and O–H groups in total. The number of fused-ring (bicyclic) bond motifs is 2. The van der Waals surface area contributed by atoms with Gasteiger partial charge in [0, 0.05) is 39.7 Å². The molecular weight excluding hydrogens is 627 g/mol. The van der Waals surface area contributed by atoms with Crippen molar-refractivity contribution in [2.45, 2.75) is 58.5 Å². The van der Waals surface area contributed by atoms with Crippen LogP contribution in [0.4, 0.5) is 19.0 Å². The van der Waals surface area contributed by atoms with Crippen LogP contribution in [0.15, 0.2) is 66.0 Å². The zero-order valence-corrected chi connectivity index (χ0v) is 28.0. The Bertz CT molecular complexity index is 2130. The van der Waals surface area contributed by atoms with E-state index in [0.29, 0.717) is 46.1 Å². The van der Waals surface area contributed by atoms with Crippen LogP contribution in [0.25, 0.3) is 33.5 Å². The third kappa shape index (κ3) is 6.32. The standard InChI is InChI=1S/C32H36F3N9O2Si/c1-20-12-13-43-27(20)31(45)44(22-10-8-7-9-11-22)29(40-43)21(2)38-28-26-23(24-16-25(32(33,34)35)39-41(24)3)17-42(30(26)37-18-36-28)19-46-14-15-47(4,5)6/h7-13,16-18,21H,14-15,19H2,1-6H3,(H,36,37,38)/t21-/m0/s1. The summed E-state index contributed by atoms with van der Waals surface area (Å²) in [6, 6.07) is 12.4. The van der Waals surface area contributed by atoms with Crippen molar-refractivity contribution in [2.75, 3.05) is 11.9 Å². The summed E-state index contributed by atoms with van der Waals surface area (Å²) in [6.45, 7) is 11.2. The van der Waals surface area contributed by atoms with E-state index in [-0.39, 0.29) is 18.0 Å². The normalized spacial score (nSPS) is 13.1. The molecule has 0 aliphatic heterocycles. The molecular formula is C32H36F3N9O2Si. The minimum atomic E-state index is -4.62. The highest BCUT2D eigenvalue weighted by Crippen LogP contribution is 2.38. The van der Waals surface area contributed by atoms with Gasteiger partial charge in [0.2, 0.25) is 0 Å². The van der Waals surface area contributed by atoms with Gasteiger partial charge in [-0.25, -0.2) is 14.5 Å². The van der Waals surface area contributed by atoms with Gasteiger partial charge in [0.15, 0.2) is 11.5 Å². The van der Waals surface area contributed by atoms with Crippen molar-refractivity contribution in [3.05, 3.63) is 88.6 Å². The van der Waals surface area contributed by atoms with E-state index < -0.39 is 26.0 Å². The first-order chi connectivity index (χ1) is 22.2. The number of ether oxygens (including phenoxy) is 1. The predicted molar refractivity (Wildman–Crippen MR) is 176 cm³/mol. The minimum absolute atomic E-state index is 0.149. The number of aryl methyl sites for hydroxylation is 2. The molecule has 0 aliphatic rings. The van der Waals surface area contributed by atoms with Gasteiger partial charge in [0.05, 0.1) is 22.8 Å². The lowest BCUT2D eigenvalue weighted by Gasteiger charge is -2.20. The molecule has 5 aromatic heterocycles. The van der Waals surface area contributed by atoms with Gasteiger partial charge in [0.1, 0.15) is 30.0 Å². The molecule has 0 fully saturated rings. The van der Waals surface area contributed by atoms with Crippen molar-refractivity contribution >= 4 is 30.4 Å². The number of hydrogen-bond donors (Lipinski definition) is 1. The molecule has 0 bridgehead atoms. The quantitative estimate of drug-likeness (QED) is 0.133. The van der Waals surface area contributed by atoms with Gasteiger partial charge < -0.3 is 14.6 Å². The number of nitrogens with one attached hydrogen (secondary N) is 1. The third-order valence-electron chi connectivity index (χ3n) is 7.99. The number of anilines is 1. The van der Waals surface area contributed by atoms with E-state index in [1.165, 1.54) is 18.1 Å². The average Bonchev–Trinajstić information content (AvgIpc) is 3.70. The molecule has 0 radical (unpaired) electrons. The summed E-state index contributed by atoms with van der Waals surface area (Å²) in [5.74, 6) is 0.761. The highest BCUT2D eigenvalue weighted by molar-refractivity contribution is 6.76. The molecule has 0 saturated heterocycles. The Morgan fingerprint density at radius 2 is 1.81 bits per heavy atom. The van der Waals surface area contributed by atoms with Gasteiger partial charge in [-0.1, -0.05) is 37.8 Å². The van der Waals surface area contributed by atoms with Crippen molar-refractivity contribution in [1.29, 1.82) is 0 Å². The largest absolute Gasteiger partial charge is 0.435 e. The van der Waals surface area contributed by atoms with E-state index >= 15 is 0 Å². The molecule has 11 nitrogen and oxygen atoms in total.